The number of benzene rings is 1. The maximum absolute atomic E-state index is 12.1. The number of amides is 1. The Kier molecular flexibility index (Phi) is 3.74. The molecule has 0 spiro atoms. The van der Waals surface area contributed by atoms with Crippen LogP contribution in [0.5, 0.6) is 0 Å². The summed E-state index contributed by atoms with van der Waals surface area (Å²) < 4.78 is 0. The second-order valence-electron chi connectivity index (χ2n) is 5.72. The molecular formula is C16H19N3O. The number of aromatic nitrogens is 1. The number of carbonyl (C=O) groups excluding carboxylic acids is 1. The zero-order valence-corrected chi connectivity index (χ0v) is 12.0. The van der Waals surface area contributed by atoms with Crippen molar-refractivity contribution < 1.29 is 4.79 Å². The number of carbonyl (C=O) groups is 1. The van der Waals surface area contributed by atoms with E-state index in [-0.39, 0.29) is 17.0 Å². The van der Waals surface area contributed by atoms with E-state index in [0.29, 0.717) is 5.69 Å². The molecule has 0 aliphatic heterocycles. The topological polar surface area (TPSA) is 68.0 Å². The van der Waals surface area contributed by atoms with Crippen LogP contribution in [-0.4, -0.2) is 10.9 Å². The molecule has 0 aliphatic carbocycles. The highest BCUT2D eigenvalue weighted by Crippen LogP contribution is 2.23. The first-order chi connectivity index (χ1) is 9.38. The molecule has 0 aliphatic rings. The average Bonchev–Trinajstić information content (AvgIpc) is 2.38. The van der Waals surface area contributed by atoms with Crippen molar-refractivity contribution in [2.75, 3.05) is 11.1 Å². The number of anilines is 2. The average molecular weight is 269 g/mol. The van der Waals surface area contributed by atoms with E-state index >= 15 is 0 Å². The Bertz CT molecular complexity index is 612. The molecular weight excluding hydrogens is 250 g/mol. The van der Waals surface area contributed by atoms with Gasteiger partial charge in [0, 0.05) is 11.9 Å². The van der Waals surface area contributed by atoms with Gasteiger partial charge in [-0.05, 0) is 35.2 Å². The lowest BCUT2D eigenvalue weighted by atomic mass is 9.87. The largest absolute Gasteiger partial charge is 0.397 e. The Hall–Kier alpha value is -2.36. The number of hydrogen-bond donors (Lipinski definition) is 2. The fourth-order valence-corrected chi connectivity index (χ4v) is 1.85. The van der Waals surface area contributed by atoms with E-state index in [1.165, 1.54) is 5.56 Å². The molecule has 1 aromatic carbocycles. The van der Waals surface area contributed by atoms with Crippen molar-refractivity contribution in [3.8, 4) is 0 Å². The van der Waals surface area contributed by atoms with Crippen LogP contribution in [0.25, 0.3) is 0 Å². The number of rotatable bonds is 2. The molecule has 0 unspecified atom stereocenters. The summed E-state index contributed by atoms with van der Waals surface area (Å²) in [6.45, 7) is 6.44. The molecule has 4 nitrogen and oxygen atoms in total. The molecule has 0 atom stereocenters. The number of nitrogens with zero attached hydrogens (tertiary/aromatic N) is 1. The SMILES string of the molecule is CC(C)(C)c1ccc(NC(=O)c2ncccc2N)cc1. The highest BCUT2D eigenvalue weighted by Gasteiger charge is 2.14. The van der Waals surface area contributed by atoms with Gasteiger partial charge >= 0.3 is 0 Å². The number of hydrogen-bond acceptors (Lipinski definition) is 3. The van der Waals surface area contributed by atoms with Crippen LogP contribution in [0.1, 0.15) is 36.8 Å². The second kappa shape index (κ2) is 5.33. The first kappa shape index (κ1) is 14.1. The van der Waals surface area contributed by atoms with Gasteiger partial charge in [-0.25, -0.2) is 4.98 Å². The van der Waals surface area contributed by atoms with Gasteiger partial charge in [0.1, 0.15) is 0 Å². The lowest BCUT2D eigenvalue weighted by Crippen LogP contribution is -2.16. The van der Waals surface area contributed by atoms with Crippen molar-refractivity contribution in [1.82, 2.24) is 4.98 Å². The van der Waals surface area contributed by atoms with E-state index in [4.69, 9.17) is 5.73 Å². The zero-order valence-electron chi connectivity index (χ0n) is 12.0. The standard InChI is InChI=1S/C16H19N3O/c1-16(2,3)11-6-8-12(9-7-11)19-15(20)14-13(17)5-4-10-18-14/h4-10H,17H2,1-3H3,(H,19,20). The Morgan fingerprint density at radius 3 is 2.35 bits per heavy atom. The Morgan fingerprint density at radius 1 is 1.15 bits per heavy atom. The lowest BCUT2D eigenvalue weighted by Gasteiger charge is -2.19. The molecule has 0 bridgehead atoms. The molecule has 0 saturated heterocycles. The van der Waals surface area contributed by atoms with Gasteiger partial charge in [0.15, 0.2) is 5.69 Å². The summed E-state index contributed by atoms with van der Waals surface area (Å²) in [4.78, 5) is 16.1. The van der Waals surface area contributed by atoms with Crippen molar-refractivity contribution in [3.05, 3.63) is 53.9 Å². The van der Waals surface area contributed by atoms with Gasteiger partial charge in [-0.3, -0.25) is 4.79 Å². The Labute approximate surface area is 119 Å². The van der Waals surface area contributed by atoms with E-state index in [1.807, 2.05) is 24.3 Å². The second-order valence-corrected chi connectivity index (χ2v) is 5.72. The summed E-state index contributed by atoms with van der Waals surface area (Å²) in [6, 6.07) is 11.2. The van der Waals surface area contributed by atoms with Crippen LogP contribution in [0.4, 0.5) is 11.4 Å². The minimum absolute atomic E-state index is 0.0912. The summed E-state index contributed by atoms with van der Waals surface area (Å²) >= 11 is 0. The molecule has 0 fully saturated rings. The normalized spacial score (nSPS) is 11.2. The van der Waals surface area contributed by atoms with Gasteiger partial charge in [-0.15, -0.1) is 0 Å². The zero-order chi connectivity index (χ0) is 14.8. The summed E-state index contributed by atoms with van der Waals surface area (Å²) in [7, 11) is 0. The van der Waals surface area contributed by atoms with Crippen LogP contribution in [0.15, 0.2) is 42.6 Å². The maximum Gasteiger partial charge on any atom is 0.276 e. The van der Waals surface area contributed by atoms with E-state index < -0.39 is 0 Å². The predicted molar refractivity (Wildman–Crippen MR) is 81.7 cm³/mol. The molecule has 1 aromatic heterocycles. The molecule has 20 heavy (non-hydrogen) atoms. The first-order valence-corrected chi connectivity index (χ1v) is 6.50. The maximum atomic E-state index is 12.1. The number of pyridine rings is 1. The van der Waals surface area contributed by atoms with Gasteiger partial charge in [0.2, 0.25) is 0 Å². The highest BCUT2D eigenvalue weighted by atomic mass is 16.1. The van der Waals surface area contributed by atoms with Crippen molar-refractivity contribution in [2.24, 2.45) is 0 Å². The van der Waals surface area contributed by atoms with Crippen molar-refractivity contribution in [2.45, 2.75) is 26.2 Å². The van der Waals surface area contributed by atoms with Gasteiger partial charge in [-0.2, -0.15) is 0 Å². The smallest absolute Gasteiger partial charge is 0.276 e. The summed E-state index contributed by atoms with van der Waals surface area (Å²) in [5, 5.41) is 2.80. The monoisotopic (exact) mass is 269 g/mol. The van der Waals surface area contributed by atoms with Gasteiger partial charge in [0.25, 0.3) is 5.91 Å². The quantitative estimate of drug-likeness (QED) is 0.879. The van der Waals surface area contributed by atoms with Crippen LogP contribution in [0, 0.1) is 0 Å². The fraction of sp³-hybridized carbons (Fsp3) is 0.250. The van der Waals surface area contributed by atoms with Crippen molar-refractivity contribution in [1.29, 1.82) is 0 Å². The number of nitrogen functional groups attached to an aromatic ring is 1. The van der Waals surface area contributed by atoms with E-state index in [0.717, 1.165) is 5.69 Å². The van der Waals surface area contributed by atoms with E-state index in [1.54, 1.807) is 18.3 Å². The molecule has 2 aromatic rings. The molecule has 3 N–H and O–H groups in total. The molecule has 2 rings (SSSR count). The predicted octanol–water partition coefficient (Wildman–Crippen LogP) is 3.21. The van der Waals surface area contributed by atoms with Crippen LogP contribution in [-0.2, 0) is 5.41 Å². The Balaban J connectivity index is 2.15. The fourth-order valence-electron chi connectivity index (χ4n) is 1.85. The number of nitrogens with two attached hydrogens (primary N) is 1. The van der Waals surface area contributed by atoms with Gasteiger partial charge < -0.3 is 11.1 Å². The highest BCUT2D eigenvalue weighted by molar-refractivity contribution is 6.06. The van der Waals surface area contributed by atoms with Crippen molar-refractivity contribution >= 4 is 17.3 Å². The third-order valence-electron chi connectivity index (χ3n) is 3.06. The van der Waals surface area contributed by atoms with E-state index in [9.17, 15) is 4.79 Å². The van der Waals surface area contributed by atoms with Gasteiger partial charge in [-0.1, -0.05) is 32.9 Å². The van der Waals surface area contributed by atoms with Crippen LogP contribution in [0.3, 0.4) is 0 Å². The molecule has 104 valence electrons. The van der Waals surface area contributed by atoms with Crippen LogP contribution in [0.2, 0.25) is 0 Å². The molecule has 4 heteroatoms. The molecule has 1 amide bonds. The molecule has 1 heterocycles. The minimum Gasteiger partial charge on any atom is -0.397 e. The van der Waals surface area contributed by atoms with Gasteiger partial charge in [0.05, 0.1) is 5.69 Å². The Morgan fingerprint density at radius 2 is 1.80 bits per heavy atom. The van der Waals surface area contributed by atoms with Crippen LogP contribution >= 0.6 is 0 Å². The summed E-state index contributed by atoms with van der Waals surface area (Å²) in [5.41, 5.74) is 8.38. The lowest BCUT2D eigenvalue weighted by molar-refractivity contribution is 0.102. The number of nitrogens with one attached hydrogen (secondary N) is 1. The first-order valence-electron chi connectivity index (χ1n) is 6.50. The minimum atomic E-state index is -0.299. The van der Waals surface area contributed by atoms with E-state index in [2.05, 4.69) is 31.1 Å². The molecule has 0 saturated carbocycles. The molecule has 0 radical (unpaired) electrons. The van der Waals surface area contributed by atoms with Crippen LogP contribution < -0.4 is 11.1 Å². The third kappa shape index (κ3) is 3.15. The summed E-state index contributed by atoms with van der Waals surface area (Å²) in [5.74, 6) is -0.299. The summed E-state index contributed by atoms with van der Waals surface area (Å²) in [6.07, 6.45) is 1.55. The van der Waals surface area contributed by atoms with Crippen molar-refractivity contribution in [3.63, 3.8) is 0 Å². The third-order valence-corrected chi connectivity index (χ3v) is 3.06.